The van der Waals surface area contributed by atoms with Gasteiger partial charge in [0.2, 0.25) is 0 Å². The zero-order valence-electron chi connectivity index (χ0n) is 11.8. The second kappa shape index (κ2) is 6.54. The quantitative estimate of drug-likeness (QED) is 0.674. The van der Waals surface area contributed by atoms with Crippen LogP contribution in [-0.4, -0.2) is 30.1 Å². The summed E-state index contributed by atoms with van der Waals surface area (Å²) in [4.78, 5) is 13.2. The van der Waals surface area contributed by atoms with Crippen LogP contribution in [0.5, 0.6) is 0 Å². The summed E-state index contributed by atoms with van der Waals surface area (Å²) < 4.78 is 0.739. The van der Waals surface area contributed by atoms with Gasteiger partial charge >= 0.3 is 0 Å². The molecule has 1 aliphatic rings. The maximum absolute atomic E-state index is 11.3. The summed E-state index contributed by atoms with van der Waals surface area (Å²) in [5.74, 6) is 0. The van der Waals surface area contributed by atoms with Crippen LogP contribution in [0.25, 0.3) is 0 Å². The molecule has 0 bridgehead atoms. The molecule has 1 aromatic carbocycles. The maximum atomic E-state index is 11.3. The summed E-state index contributed by atoms with van der Waals surface area (Å²) >= 11 is 3.31. The van der Waals surface area contributed by atoms with Gasteiger partial charge in [0.15, 0.2) is 0 Å². The Hall–Kier alpha value is -1.14. The Balaban J connectivity index is 2.38. The number of anilines is 1. The largest absolute Gasteiger partial charge is 0.360 e. The molecule has 1 aromatic rings. The van der Waals surface area contributed by atoms with Gasteiger partial charge < -0.3 is 10.2 Å². The van der Waals surface area contributed by atoms with Gasteiger partial charge in [-0.3, -0.25) is 10.1 Å². The Bertz CT molecular complexity index is 495. The van der Waals surface area contributed by atoms with E-state index in [1.54, 1.807) is 6.07 Å². The third kappa shape index (κ3) is 3.12. The SMILES string of the molecule is CCC1CN(c2ccc(Br)cc2[N+](=O)[O-])C(CC)CN1. The Morgan fingerprint density at radius 3 is 2.80 bits per heavy atom. The van der Waals surface area contributed by atoms with Gasteiger partial charge in [-0.25, -0.2) is 0 Å². The molecule has 1 saturated heterocycles. The molecule has 0 aliphatic carbocycles. The fourth-order valence-electron chi connectivity index (χ4n) is 2.68. The molecule has 0 amide bonds. The smallest absolute Gasteiger partial charge is 0.293 e. The molecule has 5 nitrogen and oxygen atoms in total. The molecule has 1 N–H and O–H groups in total. The highest BCUT2D eigenvalue weighted by atomic mass is 79.9. The van der Waals surface area contributed by atoms with Crippen molar-refractivity contribution in [2.24, 2.45) is 0 Å². The zero-order valence-corrected chi connectivity index (χ0v) is 13.4. The summed E-state index contributed by atoms with van der Waals surface area (Å²) in [7, 11) is 0. The van der Waals surface area contributed by atoms with E-state index in [2.05, 4.69) is 40.0 Å². The lowest BCUT2D eigenvalue weighted by molar-refractivity contribution is -0.384. The van der Waals surface area contributed by atoms with Crippen LogP contribution in [0.1, 0.15) is 26.7 Å². The van der Waals surface area contributed by atoms with Crippen molar-refractivity contribution in [3.8, 4) is 0 Å². The molecule has 0 saturated carbocycles. The number of rotatable bonds is 4. The minimum absolute atomic E-state index is 0.176. The van der Waals surface area contributed by atoms with Crippen LogP contribution in [0, 0.1) is 10.1 Å². The van der Waals surface area contributed by atoms with Crippen LogP contribution in [0.2, 0.25) is 0 Å². The van der Waals surface area contributed by atoms with Crippen molar-refractivity contribution in [2.75, 3.05) is 18.0 Å². The van der Waals surface area contributed by atoms with E-state index < -0.39 is 0 Å². The number of piperazine rings is 1. The van der Waals surface area contributed by atoms with Gasteiger partial charge in [0.25, 0.3) is 5.69 Å². The van der Waals surface area contributed by atoms with Crippen molar-refractivity contribution >= 4 is 27.3 Å². The molecule has 2 rings (SSSR count). The standard InChI is InChI=1S/C14H20BrN3O2/c1-3-11-9-17(12(4-2)8-16-11)13-6-5-10(15)7-14(13)18(19)20/h5-7,11-12,16H,3-4,8-9H2,1-2H3. The van der Waals surface area contributed by atoms with E-state index in [1.165, 1.54) is 0 Å². The lowest BCUT2D eigenvalue weighted by Crippen LogP contribution is -2.56. The van der Waals surface area contributed by atoms with Crippen LogP contribution in [-0.2, 0) is 0 Å². The summed E-state index contributed by atoms with van der Waals surface area (Å²) in [6.07, 6.45) is 1.99. The van der Waals surface area contributed by atoms with Gasteiger partial charge in [-0.15, -0.1) is 0 Å². The Kier molecular flexibility index (Phi) is 4.99. The molecule has 6 heteroatoms. The van der Waals surface area contributed by atoms with Gasteiger partial charge in [0.1, 0.15) is 5.69 Å². The normalized spacial score (nSPS) is 22.9. The van der Waals surface area contributed by atoms with Crippen molar-refractivity contribution in [1.29, 1.82) is 0 Å². The number of halogens is 1. The first-order chi connectivity index (χ1) is 9.56. The Morgan fingerprint density at radius 2 is 2.20 bits per heavy atom. The molecular weight excluding hydrogens is 322 g/mol. The second-order valence-corrected chi connectivity index (χ2v) is 6.03. The summed E-state index contributed by atoms with van der Waals surface area (Å²) in [5, 5.41) is 14.8. The minimum atomic E-state index is -0.296. The molecule has 1 aliphatic heterocycles. The van der Waals surface area contributed by atoms with E-state index in [-0.39, 0.29) is 10.6 Å². The second-order valence-electron chi connectivity index (χ2n) is 5.12. The van der Waals surface area contributed by atoms with Crippen molar-refractivity contribution in [3.63, 3.8) is 0 Å². The number of hydrogen-bond acceptors (Lipinski definition) is 4. The molecule has 0 aromatic heterocycles. The highest BCUT2D eigenvalue weighted by Gasteiger charge is 2.30. The maximum Gasteiger partial charge on any atom is 0.293 e. The number of hydrogen-bond donors (Lipinski definition) is 1. The van der Waals surface area contributed by atoms with E-state index in [9.17, 15) is 10.1 Å². The monoisotopic (exact) mass is 341 g/mol. The predicted molar refractivity (Wildman–Crippen MR) is 84.3 cm³/mol. The molecule has 2 unspecified atom stereocenters. The van der Waals surface area contributed by atoms with E-state index in [0.717, 1.165) is 36.1 Å². The fraction of sp³-hybridized carbons (Fsp3) is 0.571. The van der Waals surface area contributed by atoms with Crippen LogP contribution >= 0.6 is 15.9 Å². The molecular formula is C14H20BrN3O2. The molecule has 2 atom stereocenters. The first-order valence-electron chi connectivity index (χ1n) is 7.00. The number of benzene rings is 1. The number of nitrogens with one attached hydrogen (secondary N) is 1. The molecule has 1 fully saturated rings. The van der Waals surface area contributed by atoms with E-state index in [0.29, 0.717) is 12.1 Å². The van der Waals surface area contributed by atoms with Crippen LogP contribution in [0.4, 0.5) is 11.4 Å². The predicted octanol–water partition coefficient (Wildman–Crippen LogP) is 3.32. The lowest BCUT2D eigenvalue weighted by atomic mass is 10.0. The van der Waals surface area contributed by atoms with Crippen molar-refractivity contribution in [2.45, 2.75) is 38.8 Å². The summed E-state index contributed by atoms with van der Waals surface area (Å²) in [6.45, 7) is 5.95. The third-order valence-corrected chi connectivity index (χ3v) is 4.40. The number of nitrogens with zero attached hydrogens (tertiary/aromatic N) is 2. The highest BCUT2D eigenvalue weighted by Crippen LogP contribution is 2.33. The Morgan fingerprint density at radius 1 is 1.45 bits per heavy atom. The fourth-order valence-corrected chi connectivity index (χ4v) is 3.03. The minimum Gasteiger partial charge on any atom is -0.360 e. The van der Waals surface area contributed by atoms with Gasteiger partial charge in [0.05, 0.1) is 4.92 Å². The van der Waals surface area contributed by atoms with E-state index in [4.69, 9.17) is 0 Å². The van der Waals surface area contributed by atoms with Crippen LogP contribution in [0.15, 0.2) is 22.7 Å². The lowest BCUT2D eigenvalue weighted by Gasteiger charge is -2.41. The average molecular weight is 342 g/mol. The van der Waals surface area contributed by atoms with Crippen molar-refractivity contribution in [1.82, 2.24) is 5.32 Å². The van der Waals surface area contributed by atoms with Gasteiger partial charge in [0, 0.05) is 35.7 Å². The number of nitro groups is 1. The van der Waals surface area contributed by atoms with Crippen molar-refractivity contribution < 1.29 is 4.92 Å². The Labute approximate surface area is 127 Å². The van der Waals surface area contributed by atoms with E-state index >= 15 is 0 Å². The summed E-state index contributed by atoms with van der Waals surface area (Å²) in [5.41, 5.74) is 0.902. The zero-order chi connectivity index (χ0) is 14.7. The van der Waals surface area contributed by atoms with Crippen LogP contribution in [0.3, 0.4) is 0 Å². The van der Waals surface area contributed by atoms with E-state index in [1.807, 2.05) is 12.1 Å². The highest BCUT2D eigenvalue weighted by molar-refractivity contribution is 9.10. The van der Waals surface area contributed by atoms with Gasteiger partial charge in [-0.05, 0) is 25.0 Å². The van der Waals surface area contributed by atoms with Crippen molar-refractivity contribution in [3.05, 3.63) is 32.8 Å². The first-order valence-corrected chi connectivity index (χ1v) is 7.80. The average Bonchev–Trinajstić information content (AvgIpc) is 2.46. The first kappa shape index (κ1) is 15.3. The molecule has 0 radical (unpaired) electrons. The summed E-state index contributed by atoms with van der Waals surface area (Å²) in [6, 6.07) is 6.00. The third-order valence-electron chi connectivity index (χ3n) is 3.91. The van der Waals surface area contributed by atoms with Crippen LogP contribution < -0.4 is 10.2 Å². The molecule has 0 spiro atoms. The molecule has 1 heterocycles. The number of nitro benzene ring substituents is 1. The molecule has 20 heavy (non-hydrogen) atoms. The van der Waals surface area contributed by atoms with Gasteiger partial charge in [-0.1, -0.05) is 29.8 Å². The topological polar surface area (TPSA) is 58.4 Å². The molecule has 110 valence electrons. The van der Waals surface area contributed by atoms with Gasteiger partial charge in [-0.2, -0.15) is 0 Å².